The molecule has 2 aromatic rings. The first-order chi connectivity index (χ1) is 7.25. The van der Waals surface area contributed by atoms with Gasteiger partial charge in [-0.25, -0.2) is 4.39 Å². The van der Waals surface area contributed by atoms with E-state index in [1.165, 1.54) is 12.1 Å². The molecule has 2 N–H and O–H groups in total. The van der Waals surface area contributed by atoms with E-state index in [-0.39, 0.29) is 18.2 Å². The topological polar surface area (TPSA) is 38.9 Å². The van der Waals surface area contributed by atoms with Gasteiger partial charge in [-0.3, -0.25) is 4.98 Å². The number of anilines is 1. The van der Waals surface area contributed by atoms with Crippen molar-refractivity contribution in [1.29, 1.82) is 0 Å². The second-order valence-corrected chi connectivity index (χ2v) is 3.97. The average Bonchev–Trinajstić information content (AvgIpc) is 2.68. The third-order valence-electron chi connectivity index (χ3n) is 3.02. The Kier molecular flexibility index (Phi) is 2.72. The van der Waals surface area contributed by atoms with Crippen LogP contribution in [0.1, 0.15) is 17.7 Å². The summed E-state index contributed by atoms with van der Waals surface area (Å²) in [5.41, 5.74) is 9.76. The second kappa shape index (κ2) is 3.91. The van der Waals surface area contributed by atoms with Gasteiger partial charge >= 0.3 is 0 Å². The van der Waals surface area contributed by atoms with Crippen molar-refractivity contribution in [2.45, 2.75) is 19.3 Å². The summed E-state index contributed by atoms with van der Waals surface area (Å²) < 4.78 is 13.1. The number of nitrogen functional groups attached to an aromatic ring is 1. The maximum Gasteiger partial charge on any atom is 0.124 e. The van der Waals surface area contributed by atoms with Crippen LogP contribution in [0.5, 0.6) is 0 Å². The fraction of sp³-hybridized carbons (Fsp3) is 0.250. The first-order valence-electron chi connectivity index (χ1n) is 5.12. The normalized spacial score (nSPS) is 13.6. The van der Waals surface area contributed by atoms with Crippen LogP contribution in [0, 0.1) is 5.82 Å². The van der Waals surface area contributed by atoms with Crippen molar-refractivity contribution in [2.24, 2.45) is 0 Å². The largest absolute Gasteiger partial charge is 0.398 e. The predicted molar refractivity (Wildman–Crippen MR) is 65.4 cm³/mol. The van der Waals surface area contributed by atoms with Crippen LogP contribution in [0.15, 0.2) is 18.2 Å². The molecule has 0 saturated carbocycles. The molecule has 0 spiro atoms. The van der Waals surface area contributed by atoms with Crippen molar-refractivity contribution in [2.75, 3.05) is 5.73 Å². The zero-order chi connectivity index (χ0) is 10.4. The molecule has 0 unspecified atom stereocenters. The standard InChI is InChI=1S/C12H11FN2.ClH/c13-7-4-5-11-9(6-7)12(14)8-2-1-3-10(8)15-11;/h4-6H,1-3H2,(H2,14,15);1H. The first kappa shape index (κ1) is 11.1. The van der Waals surface area contributed by atoms with Crippen molar-refractivity contribution in [3.8, 4) is 0 Å². The third-order valence-corrected chi connectivity index (χ3v) is 3.02. The van der Waals surface area contributed by atoms with Crippen molar-refractivity contribution < 1.29 is 4.39 Å². The Labute approximate surface area is 99.1 Å². The van der Waals surface area contributed by atoms with Crippen LogP contribution in [-0.4, -0.2) is 4.98 Å². The fourth-order valence-electron chi connectivity index (χ4n) is 2.27. The van der Waals surface area contributed by atoms with Crippen molar-refractivity contribution in [1.82, 2.24) is 4.98 Å². The molecule has 1 aromatic carbocycles. The molecule has 0 atom stereocenters. The number of nitrogens with zero attached hydrogens (tertiary/aromatic N) is 1. The summed E-state index contributed by atoms with van der Waals surface area (Å²) in [4.78, 5) is 4.51. The Balaban J connectivity index is 0.000000963. The molecule has 4 heteroatoms. The number of fused-ring (bicyclic) bond motifs is 2. The minimum Gasteiger partial charge on any atom is -0.398 e. The first-order valence-corrected chi connectivity index (χ1v) is 5.12. The van der Waals surface area contributed by atoms with Crippen molar-refractivity contribution in [3.05, 3.63) is 35.3 Å². The number of halogens is 2. The highest BCUT2D eigenvalue weighted by atomic mass is 35.5. The molecular weight excluding hydrogens is 227 g/mol. The lowest BCUT2D eigenvalue weighted by molar-refractivity contribution is 0.629. The molecule has 1 aliphatic rings. The van der Waals surface area contributed by atoms with E-state index >= 15 is 0 Å². The van der Waals surface area contributed by atoms with E-state index in [9.17, 15) is 4.39 Å². The van der Waals surface area contributed by atoms with Gasteiger partial charge in [0.05, 0.1) is 5.52 Å². The number of aromatic nitrogens is 1. The fourth-order valence-corrected chi connectivity index (χ4v) is 2.27. The summed E-state index contributed by atoms with van der Waals surface area (Å²) in [6, 6.07) is 4.59. The Bertz CT molecular complexity index is 554. The molecule has 0 saturated heterocycles. The molecule has 3 rings (SSSR count). The minimum atomic E-state index is -0.256. The summed E-state index contributed by atoms with van der Waals surface area (Å²) in [5, 5.41) is 0.746. The van der Waals surface area contributed by atoms with E-state index < -0.39 is 0 Å². The van der Waals surface area contributed by atoms with Gasteiger partial charge in [-0.1, -0.05) is 0 Å². The van der Waals surface area contributed by atoms with E-state index in [0.717, 1.165) is 41.4 Å². The van der Waals surface area contributed by atoms with E-state index in [1.54, 1.807) is 6.07 Å². The van der Waals surface area contributed by atoms with Gasteiger partial charge in [0, 0.05) is 16.8 Å². The van der Waals surface area contributed by atoms with Crippen LogP contribution in [0.2, 0.25) is 0 Å². The summed E-state index contributed by atoms with van der Waals surface area (Å²) in [6.45, 7) is 0. The zero-order valence-electron chi connectivity index (χ0n) is 8.66. The molecule has 2 nitrogen and oxygen atoms in total. The number of hydrogen-bond donors (Lipinski definition) is 1. The molecule has 84 valence electrons. The molecule has 0 aliphatic heterocycles. The van der Waals surface area contributed by atoms with Crippen LogP contribution in [-0.2, 0) is 12.8 Å². The SMILES string of the molecule is Cl.Nc1c2c(nc3ccc(F)cc13)CCC2. The lowest BCUT2D eigenvalue weighted by atomic mass is 10.1. The van der Waals surface area contributed by atoms with Crippen LogP contribution < -0.4 is 5.73 Å². The third kappa shape index (κ3) is 1.52. The number of hydrogen-bond acceptors (Lipinski definition) is 2. The number of rotatable bonds is 0. The van der Waals surface area contributed by atoms with Crippen LogP contribution in [0.3, 0.4) is 0 Å². The van der Waals surface area contributed by atoms with Gasteiger partial charge in [0.15, 0.2) is 0 Å². The second-order valence-electron chi connectivity index (χ2n) is 3.97. The van der Waals surface area contributed by atoms with E-state index in [4.69, 9.17) is 5.73 Å². The van der Waals surface area contributed by atoms with E-state index in [0.29, 0.717) is 5.69 Å². The highest BCUT2D eigenvalue weighted by molar-refractivity contribution is 5.92. The lowest BCUT2D eigenvalue weighted by Gasteiger charge is -2.07. The number of benzene rings is 1. The number of aryl methyl sites for hydroxylation is 1. The maximum absolute atomic E-state index is 13.1. The molecule has 1 heterocycles. The van der Waals surface area contributed by atoms with Crippen LogP contribution >= 0.6 is 12.4 Å². The van der Waals surface area contributed by atoms with Gasteiger partial charge in [0.25, 0.3) is 0 Å². The Morgan fingerprint density at radius 1 is 1.25 bits per heavy atom. The Morgan fingerprint density at radius 3 is 2.88 bits per heavy atom. The molecule has 0 amide bonds. The van der Waals surface area contributed by atoms with Crippen molar-refractivity contribution in [3.63, 3.8) is 0 Å². The number of nitrogens with two attached hydrogens (primary N) is 1. The highest BCUT2D eigenvalue weighted by Gasteiger charge is 2.17. The molecule has 0 bridgehead atoms. The Hall–Kier alpha value is -1.35. The predicted octanol–water partition coefficient (Wildman–Crippen LogP) is 2.87. The van der Waals surface area contributed by atoms with Gasteiger partial charge < -0.3 is 5.73 Å². The highest BCUT2D eigenvalue weighted by Crippen LogP contribution is 2.31. The van der Waals surface area contributed by atoms with Gasteiger partial charge in [0.2, 0.25) is 0 Å². The average molecular weight is 239 g/mol. The van der Waals surface area contributed by atoms with Gasteiger partial charge in [-0.2, -0.15) is 0 Å². The zero-order valence-corrected chi connectivity index (χ0v) is 9.48. The summed E-state index contributed by atoms with van der Waals surface area (Å²) in [6.07, 6.45) is 3.07. The molecule has 16 heavy (non-hydrogen) atoms. The van der Waals surface area contributed by atoms with E-state index in [2.05, 4.69) is 4.98 Å². The van der Waals surface area contributed by atoms with E-state index in [1.807, 2.05) is 0 Å². The van der Waals surface area contributed by atoms with Crippen LogP contribution in [0.4, 0.5) is 10.1 Å². The van der Waals surface area contributed by atoms with Crippen LogP contribution in [0.25, 0.3) is 10.9 Å². The molecule has 1 aromatic heterocycles. The molecule has 0 radical (unpaired) electrons. The minimum absolute atomic E-state index is 0. The summed E-state index contributed by atoms with van der Waals surface area (Å²) >= 11 is 0. The van der Waals surface area contributed by atoms with Gasteiger partial charge in [-0.05, 0) is 43.0 Å². The molecular formula is C12H12ClFN2. The smallest absolute Gasteiger partial charge is 0.124 e. The van der Waals surface area contributed by atoms with Gasteiger partial charge in [0.1, 0.15) is 5.82 Å². The summed E-state index contributed by atoms with van der Waals surface area (Å²) in [5.74, 6) is -0.256. The maximum atomic E-state index is 13.1. The quantitative estimate of drug-likeness (QED) is 0.767. The van der Waals surface area contributed by atoms with Gasteiger partial charge in [-0.15, -0.1) is 12.4 Å². The Morgan fingerprint density at radius 2 is 2.06 bits per heavy atom. The number of pyridine rings is 1. The molecule has 1 aliphatic carbocycles. The molecule has 0 fully saturated rings. The van der Waals surface area contributed by atoms with Crippen molar-refractivity contribution >= 4 is 29.0 Å². The summed E-state index contributed by atoms with van der Waals surface area (Å²) in [7, 11) is 0. The lowest BCUT2D eigenvalue weighted by Crippen LogP contribution is -1.98. The monoisotopic (exact) mass is 238 g/mol.